The second-order valence-corrected chi connectivity index (χ2v) is 9.52. The zero-order valence-corrected chi connectivity index (χ0v) is 22.0. The first-order valence-electron chi connectivity index (χ1n) is 11.8. The van der Waals surface area contributed by atoms with E-state index in [-0.39, 0.29) is 11.6 Å². The molecule has 0 bridgehead atoms. The Morgan fingerprint density at radius 2 is 1.45 bits per heavy atom. The SMILES string of the molecule is O=C(O)Oc1cc(OC(=O)O)c(C(=O)N(Cc2ccc(Cl)cc2Cl)[C@H]2CCCc3ccccc32)cc1OC(=O)O. The van der Waals surface area contributed by atoms with Gasteiger partial charge in [-0.25, -0.2) is 14.4 Å². The third-order valence-electron chi connectivity index (χ3n) is 6.20. The first-order chi connectivity index (χ1) is 19.0. The molecule has 11 nitrogen and oxygen atoms in total. The number of fused-ring (bicyclic) bond motifs is 1. The lowest BCUT2D eigenvalue weighted by atomic mass is 9.86. The molecule has 208 valence electrons. The van der Waals surface area contributed by atoms with Crippen LogP contribution in [0.1, 0.15) is 45.9 Å². The number of carboxylic acid groups (broad SMARTS) is 3. The Morgan fingerprint density at radius 3 is 2.10 bits per heavy atom. The predicted molar refractivity (Wildman–Crippen MR) is 141 cm³/mol. The fourth-order valence-corrected chi connectivity index (χ4v) is 5.07. The second-order valence-electron chi connectivity index (χ2n) is 8.67. The van der Waals surface area contributed by atoms with Gasteiger partial charge in [-0.1, -0.05) is 53.5 Å². The van der Waals surface area contributed by atoms with Gasteiger partial charge >= 0.3 is 18.5 Å². The van der Waals surface area contributed by atoms with Gasteiger partial charge in [-0.15, -0.1) is 0 Å². The van der Waals surface area contributed by atoms with Crippen molar-refractivity contribution in [1.29, 1.82) is 0 Å². The van der Waals surface area contributed by atoms with Crippen LogP contribution < -0.4 is 14.2 Å². The topological polar surface area (TPSA) is 160 Å². The summed E-state index contributed by atoms with van der Waals surface area (Å²) < 4.78 is 14.0. The molecule has 1 atom stereocenters. The number of hydrogen-bond donors (Lipinski definition) is 3. The molecule has 0 aromatic heterocycles. The zero-order chi connectivity index (χ0) is 29.0. The Bertz CT molecular complexity index is 1490. The highest BCUT2D eigenvalue weighted by Crippen LogP contribution is 2.41. The van der Waals surface area contributed by atoms with Crippen LogP contribution in [-0.2, 0) is 13.0 Å². The fourth-order valence-electron chi connectivity index (χ4n) is 4.60. The van der Waals surface area contributed by atoms with E-state index in [1.807, 2.05) is 24.3 Å². The van der Waals surface area contributed by atoms with Gasteiger partial charge in [-0.2, -0.15) is 0 Å². The minimum absolute atomic E-state index is 0.0388. The van der Waals surface area contributed by atoms with Gasteiger partial charge in [0.1, 0.15) is 0 Å². The highest BCUT2D eigenvalue weighted by atomic mass is 35.5. The van der Waals surface area contributed by atoms with Crippen LogP contribution in [-0.4, -0.2) is 44.6 Å². The maximum atomic E-state index is 14.2. The van der Waals surface area contributed by atoms with E-state index in [2.05, 4.69) is 9.47 Å². The van der Waals surface area contributed by atoms with Crippen molar-refractivity contribution >= 4 is 47.6 Å². The summed E-state index contributed by atoms with van der Waals surface area (Å²) in [4.78, 5) is 49.6. The Kier molecular flexibility index (Phi) is 8.66. The number of carbonyl (C=O) groups excluding carboxylic acids is 1. The molecule has 1 amide bonds. The molecule has 3 aromatic rings. The summed E-state index contributed by atoms with van der Waals surface area (Å²) in [6.07, 6.45) is -3.38. The van der Waals surface area contributed by atoms with Crippen molar-refractivity contribution in [2.24, 2.45) is 0 Å². The van der Waals surface area contributed by atoms with E-state index in [0.29, 0.717) is 17.0 Å². The molecule has 0 saturated heterocycles. The van der Waals surface area contributed by atoms with Gasteiger partial charge in [0.15, 0.2) is 17.2 Å². The van der Waals surface area contributed by atoms with Gasteiger partial charge in [0.25, 0.3) is 5.91 Å². The Hall–Kier alpha value is -4.48. The lowest BCUT2D eigenvalue weighted by molar-refractivity contribution is 0.0633. The zero-order valence-electron chi connectivity index (χ0n) is 20.5. The number of benzene rings is 3. The van der Waals surface area contributed by atoms with Gasteiger partial charge < -0.3 is 34.4 Å². The average molecular weight is 590 g/mol. The van der Waals surface area contributed by atoms with Gasteiger partial charge in [-0.05, 0) is 48.1 Å². The number of halogens is 2. The van der Waals surface area contributed by atoms with E-state index in [1.165, 1.54) is 11.0 Å². The number of nitrogens with zero attached hydrogens (tertiary/aromatic N) is 1. The van der Waals surface area contributed by atoms with Gasteiger partial charge in [0.05, 0.1) is 11.6 Å². The maximum absolute atomic E-state index is 14.2. The molecule has 0 aliphatic heterocycles. The third kappa shape index (κ3) is 6.56. The number of aryl methyl sites for hydroxylation is 1. The standard InChI is InChI=1S/C27H21Cl2NO10/c28-16-9-8-15(19(29)10-16)13-30(20-7-3-5-14-4-1-2-6-17(14)20)24(31)18-11-22(39-26(34)35)23(40-27(36)37)12-21(18)38-25(32)33/h1-2,4,6,8-12,20H,3,5,7,13H2,(H,32,33)(H,34,35)(H,36,37)/t20-/m0/s1. The summed E-state index contributed by atoms with van der Waals surface area (Å²) in [5, 5.41) is 28.2. The van der Waals surface area contributed by atoms with Gasteiger partial charge in [0.2, 0.25) is 0 Å². The van der Waals surface area contributed by atoms with E-state index < -0.39 is 53.2 Å². The van der Waals surface area contributed by atoms with E-state index in [9.17, 15) is 24.3 Å². The molecule has 3 aromatic carbocycles. The van der Waals surface area contributed by atoms with Crippen LogP contribution in [0.5, 0.6) is 17.2 Å². The number of rotatable bonds is 7. The molecule has 0 fully saturated rings. The number of carbonyl (C=O) groups is 4. The Balaban J connectivity index is 1.88. The molecule has 40 heavy (non-hydrogen) atoms. The van der Waals surface area contributed by atoms with Crippen LogP contribution in [0.2, 0.25) is 10.0 Å². The van der Waals surface area contributed by atoms with Crippen LogP contribution in [0.25, 0.3) is 0 Å². The van der Waals surface area contributed by atoms with Gasteiger partial charge in [-0.3, -0.25) is 4.79 Å². The molecule has 4 rings (SSSR count). The third-order valence-corrected chi connectivity index (χ3v) is 6.79. The molecular weight excluding hydrogens is 569 g/mol. The molecule has 0 radical (unpaired) electrons. The van der Waals surface area contributed by atoms with Crippen molar-refractivity contribution in [2.75, 3.05) is 0 Å². The van der Waals surface area contributed by atoms with Crippen LogP contribution in [0.3, 0.4) is 0 Å². The number of amides is 1. The Labute approximate surface area is 237 Å². The minimum Gasteiger partial charge on any atom is -0.449 e. The largest absolute Gasteiger partial charge is 0.511 e. The normalized spacial score (nSPS) is 14.0. The first-order valence-corrected chi connectivity index (χ1v) is 12.5. The van der Waals surface area contributed by atoms with Crippen molar-refractivity contribution in [3.63, 3.8) is 0 Å². The molecule has 0 heterocycles. The molecule has 0 spiro atoms. The van der Waals surface area contributed by atoms with Crippen molar-refractivity contribution < 1.29 is 48.7 Å². The average Bonchev–Trinajstić information content (AvgIpc) is 2.88. The highest BCUT2D eigenvalue weighted by molar-refractivity contribution is 6.35. The summed E-state index contributed by atoms with van der Waals surface area (Å²) in [5.74, 6) is -2.72. The summed E-state index contributed by atoms with van der Waals surface area (Å²) in [5.41, 5.74) is 2.03. The van der Waals surface area contributed by atoms with Crippen molar-refractivity contribution in [3.05, 3.63) is 86.9 Å². The number of ether oxygens (including phenoxy) is 3. The van der Waals surface area contributed by atoms with E-state index >= 15 is 0 Å². The minimum atomic E-state index is -1.84. The van der Waals surface area contributed by atoms with E-state index in [1.54, 1.807) is 12.1 Å². The van der Waals surface area contributed by atoms with Crippen LogP contribution >= 0.6 is 23.2 Å². The van der Waals surface area contributed by atoms with Crippen LogP contribution in [0, 0.1) is 0 Å². The van der Waals surface area contributed by atoms with Crippen molar-refractivity contribution in [3.8, 4) is 17.2 Å². The molecule has 1 aliphatic rings. The molecule has 13 heteroatoms. The van der Waals surface area contributed by atoms with Crippen molar-refractivity contribution in [2.45, 2.75) is 31.8 Å². The lowest BCUT2D eigenvalue weighted by Gasteiger charge is -2.36. The van der Waals surface area contributed by atoms with E-state index in [4.69, 9.17) is 38.2 Å². The highest BCUT2D eigenvalue weighted by Gasteiger charge is 2.33. The summed E-state index contributed by atoms with van der Waals surface area (Å²) in [7, 11) is 0. The van der Waals surface area contributed by atoms with Crippen molar-refractivity contribution in [1.82, 2.24) is 4.90 Å². The molecule has 0 saturated carbocycles. The molecular formula is C27H21Cl2NO10. The molecule has 1 aliphatic carbocycles. The smallest absolute Gasteiger partial charge is 0.449 e. The van der Waals surface area contributed by atoms with E-state index in [0.717, 1.165) is 36.1 Å². The van der Waals surface area contributed by atoms with Crippen LogP contribution in [0.15, 0.2) is 54.6 Å². The Morgan fingerprint density at radius 1 is 0.825 bits per heavy atom. The summed E-state index contributed by atoms with van der Waals surface area (Å²) >= 11 is 12.5. The fraction of sp³-hybridized carbons (Fsp3) is 0.185. The van der Waals surface area contributed by atoms with Crippen LogP contribution in [0.4, 0.5) is 14.4 Å². The predicted octanol–water partition coefficient (Wildman–Crippen LogP) is 6.88. The summed E-state index contributed by atoms with van der Waals surface area (Å²) in [6, 6.07) is 13.5. The monoisotopic (exact) mass is 589 g/mol. The summed E-state index contributed by atoms with van der Waals surface area (Å²) in [6.45, 7) is -0.0388. The number of hydrogen-bond acceptors (Lipinski definition) is 7. The molecule has 3 N–H and O–H groups in total. The first kappa shape index (κ1) is 28.5. The quantitative estimate of drug-likeness (QED) is 0.195. The molecule has 0 unspecified atom stereocenters. The maximum Gasteiger partial charge on any atom is 0.511 e. The lowest BCUT2D eigenvalue weighted by Crippen LogP contribution is -2.36. The van der Waals surface area contributed by atoms with Gasteiger partial charge in [0, 0.05) is 28.7 Å². The second kappa shape index (κ2) is 12.1.